The van der Waals surface area contributed by atoms with Gasteiger partial charge in [-0.2, -0.15) is 4.98 Å². The number of nitrogens with zero attached hydrogens (tertiary/aromatic N) is 4. The number of rotatable bonds is 5. The summed E-state index contributed by atoms with van der Waals surface area (Å²) in [6.07, 6.45) is 1.66. The molecule has 0 radical (unpaired) electrons. The van der Waals surface area contributed by atoms with E-state index in [2.05, 4.69) is 20.3 Å². The molecule has 0 saturated heterocycles. The molecule has 0 amide bonds. The summed E-state index contributed by atoms with van der Waals surface area (Å²) < 4.78 is 1.68. The lowest BCUT2D eigenvalue weighted by molar-refractivity contribution is 0.773. The van der Waals surface area contributed by atoms with Crippen molar-refractivity contribution < 1.29 is 0 Å². The topological polar surface area (TPSA) is 98.7 Å². The third kappa shape index (κ3) is 4.02. The number of anilines is 2. The molecule has 1 atom stereocenters. The number of nitrogens with two attached hydrogens (primary N) is 1. The lowest BCUT2D eigenvalue weighted by Crippen LogP contribution is -2.26. The Morgan fingerprint density at radius 3 is 2.65 bits per heavy atom. The van der Waals surface area contributed by atoms with Gasteiger partial charge in [0.05, 0.1) is 32.7 Å². The van der Waals surface area contributed by atoms with Gasteiger partial charge < -0.3 is 11.1 Å². The van der Waals surface area contributed by atoms with Crippen LogP contribution in [0.1, 0.15) is 23.7 Å². The second-order valence-electron chi connectivity index (χ2n) is 7.86. The first-order chi connectivity index (χ1) is 16.4. The molecule has 3 aromatic heterocycles. The second-order valence-corrected chi connectivity index (χ2v) is 9.33. The van der Waals surface area contributed by atoms with E-state index in [0.717, 1.165) is 33.0 Å². The summed E-state index contributed by atoms with van der Waals surface area (Å²) in [6, 6.07) is 16.6. The summed E-state index contributed by atoms with van der Waals surface area (Å²) in [5.41, 5.74) is 8.73. The number of para-hydroxylation sites is 1. The number of hydrogen-bond acceptors (Lipinski definition) is 7. The SMILES string of the molecule is Cc1nc(-c2cnc(N)nc2NC(C)c2cc3cccc(Cl)c3c(=O)n2-c2ccccc2)cs1. The van der Waals surface area contributed by atoms with Crippen LogP contribution < -0.4 is 16.6 Å². The highest BCUT2D eigenvalue weighted by Gasteiger charge is 2.20. The van der Waals surface area contributed by atoms with Crippen molar-refractivity contribution in [2.75, 3.05) is 11.1 Å². The Labute approximate surface area is 204 Å². The highest BCUT2D eigenvalue weighted by Crippen LogP contribution is 2.31. The van der Waals surface area contributed by atoms with Gasteiger partial charge in [0.1, 0.15) is 5.82 Å². The summed E-state index contributed by atoms with van der Waals surface area (Å²) >= 11 is 7.97. The van der Waals surface area contributed by atoms with Gasteiger partial charge in [0.2, 0.25) is 5.95 Å². The van der Waals surface area contributed by atoms with Gasteiger partial charge >= 0.3 is 0 Å². The van der Waals surface area contributed by atoms with Crippen molar-refractivity contribution in [3.05, 3.63) is 92.3 Å². The van der Waals surface area contributed by atoms with Crippen molar-refractivity contribution in [1.29, 1.82) is 0 Å². The predicted octanol–water partition coefficient (Wildman–Crippen LogP) is 5.62. The fraction of sp³-hybridized carbons (Fsp3) is 0.120. The molecule has 170 valence electrons. The van der Waals surface area contributed by atoms with Crippen LogP contribution in [0.4, 0.5) is 11.8 Å². The molecule has 34 heavy (non-hydrogen) atoms. The lowest BCUT2D eigenvalue weighted by Gasteiger charge is -2.22. The van der Waals surface area contributed by atoms with E-state index in [1.165, 1.54) is 0 Å². The molecule has 0 aliphatic carbocycles. The van der Waals surface area contributed by atoms with E-state index < -0.39 is 0 Å². The van der Waals surface area contributed by atoms with Gasteiger partial charge in [-0.3, -0.25) is 9.36 Å². The summed E-state index contributed by atoms with van der Waals surface area (Å²) in [5.74, 6) is 0.694. The van der Waals surface area contributed by atoms with Gasteiger partial charge in [-0.1, -0.05) is 41.9 Å². The number of nitrogen functional groups attached to an aromatic ring is 1. The van der Waals surface area contributed by atoms with Crippen LogP contribution >= 0.6 is 22.9 Å². The molecule has 0 aliphatic rings. The summed E-state index contributed by atoms with van der Waals surface area (Å²) in [7, 11) is 0. The smallest absolute Gasteiger partial charge is 0.264 e. The molecular formula is C25H21ClN6OS. The normalized spacial score (nSPS) is 12.1. The molecular weight excluding hydrogens is 468 g/mol. The fourth-order valence-corrected chi connectivity index (χ4v) is 4.84. The highest BCUT2D eigenvalue weighted by atomic mass is 35.5. The van der Waals surface area contributed by atoms with Gasteiger partial charge in [0, 0.05) is 23.0 Å². The number of halogens is 1. The molecule has 5 aromatic rings. The van der Waals surface area contributed by atoms with E-state index in [9.17, 15) is 4.79 Å². The van der Waals surface area contributed by atoms with E-state index in [1.54, 1.807) is 28.2 Å². The van der Waals surface area contributed by atoms with E-state index in [4.69, 9.17) is 17.3 Å². The number of pyridine rings is 1. The number of aromatic nitrogens is 4. The maximum Gasteiger partial charge on any atom is 0.264 e. The van der Waals surface area contributed by atoms with Crippen molar-refractivity contribution in [3.8, 4) is 16.9 Å². The zero-order valence-corrected chi connectivity index (χ0v) is 20.1. The maximum absolute atomic E-state index is 13.7. The first-order valence-corrected chi connectivity index (χ1v) is 11.9. The molecule has 0 bridgehead atoms. The number of fused-ring (bicyclic) bond motifs is 1. The second kappa shape index (κ2) is 8.89. The molecule has 0 spiro atoms. The Bertz CT molecular complexity index is 1560. The van der Waals surface area contributed by atoms with Crippen molar-refractivity contribution >= 4 is 45.5 Å². The van der Waals surface area contributed by atoms with Crippen molar-refractivity contribution in [2.45, 2.75) is 19.9 Å². The Hall–Kier alpha value is -3.75. The summed E-state index contributed by atoms with van der Waals surface area (Å²) in [5, 5.41) is 8.00. The van der Waals surface area contributed by atoms with Crippen LogP contribution in [0.25, 0.3) is 27.7 Å². The molecule has 0 saturated carbocycles. The third-order valence-corrected chi connectivity index (χ3v) is 6.63. The van der Waals surface area contributed by atoms with Gasteiger partial charge in [0.25, 0.3) is 5.56 Å². The monoisotopic (exact) mass is 488 g/mol. The molecule has 2 aromatic carbocycles. The Morgan fingerprint density at radius 1 is 1.12 bits per heavy atom. The Kier molecular flexibility index (Phi) is 5.77. The summed E-state index contributed by atoms with van der Waals surface area (Å²) in [4.78, 5) is 26.8. The number of hydrogen-bond donors (Lipinski definition) is 2. The van der Waals surface area contributed by atoms with Crippen LogP contribution in [0.15, 0.2) is 71.0 Å². The first-order valence-electron chi connectivity index (χ1n) is 10.6. The number of thiazole rings is 1. The standard InChI is InChI=1S/C25H21ClN6OS/c1-14(29-23-18(12-28-25(27)31-23)20-13-34-15(2)30-20)21-11-16-7-6-10-19(26)22(16)24(33)32(21)17-8-4-3-5-9-17/h3-14H,1-2H3,(H3,27,28,29,31). The van der Waals surface area contributed by atoms with Crippen LogP contribution in [-0.2, 0) is 0 Å². The van der Waals surface area contributed by atoms with E-state index in [1.807, 2.05) is 67.8 Å². The largest absolute Gasteiger partial charge is 0.368 e. The van der Waals surface area contributed by atoms with Gasteiger partial charge in [-0.25, -0.2) is 9.97 Å². The van der Waals surface area contributed by atoms with Crippen LogP contribution in [0, 0.1) is 6.92 Å². The molecule has 0 fully saturated rings. The number of nitrogens with one attached hydrogen (secondary N) is 1. The molecule has 7 nitrogen and oxygen atoms in total. The quantitative estimate of drug-likeness (QED) is 0.333. The van der Waals surface area contributed by atoms with Crippen LogP contribution in [0.3, 0.4) is 0 Å². The average molecular weight is 489 g/mol. The van der Waals surface area contributed by atoms with E-state index >= 15 is 0 Å². The average Bonchev–Trinajstić information content (AvgIpc) is 3.25. The minimum atomic E-state index is -0.316. The molecule has 3 N–H and O–H groups in total. The fourth-order valence-electron chi connectivity index (χ4n) is 3.96. The number of aryl methyl sites for hydroxylation is 1. The van der Waals surface area contributed by atoms with Gasteiger partial charge in [0.15, 0.2) is 0 Å². The summed E-state index contributed by atoms with van der Waals surface area (Å²) in [6.45, 7) is 3.92. The predicted molar refractivity (Wildman–Crippen MR) is 139 cm³/mol. The maximum atomic E-state index is 13.7. The molecule has 5 rings (SSSR count). The van der Waals surface area contributed by atoms with Crippen molar-refractivity contribution in [3.63, 3.8) is 0 Å². The Balaban J connectivity index is 1.67. The molecule has 3 heterocycles. The van der Waals surface area contributed by atoms with Crippen LogP contribution in [0.2, 0.25) is 5.02 Å². The Morgan fingerprint density at radius 2 is 1.91 bits per heavy atom. The zero-order chi connectivity index (χ0) is 23.8. The highest BCUT2D eigenvalue weighted by molar-refractivity contribution is 7.09. The lowest BCUT2D eigenvalue weighted by atomic mass is 10.1. The third-order valence-electron chi connectivity index (χ3n) is 5.54. The first kappa shape index (κ1) is 22.1. The minimum absolute atomic E-state index is 0.149. The minimum Gasteiger partial charge on any atom is -0.368 e. The molecule has 1 unspecified atom stereocenters. The molecule has 0 aliphatic heterocycles. The van der Waals surface area contributed by atoms with Crippen LogP contribution in [0.5, 0.6) is 0 Å². The molecule has 9 heteroatoms. The van der Waals surface area contributed by atoms with Crippen molar-refractivity contribution in [1.82, 2.24) is 19.5 Å². The van der Waals surface area contributed by atoms with Crippen LogP contribution in [-0.4, -0.2) is 19.5 Å². The number of benzene rings is 2. The van der Waals surface area contributed by atoms with Gasteiger partial charge in [-0.05, 0) is 43.5 Å². The van der Waals surface area contributed by atoms with Gasteiger partial charge in [-0.15, -0.1) is 11.3 Å². The van der Waals surface area contributed by atoms with Crippen molar-refractivity contribution in [2.24, 2.45) is 0 Å². The van der Waals surface area contributed by atoms with E-state index in [-0.39, 0.29) is 17.5 Å². The van der Waals surface area contributed by atoms with E-state index in [0.29, 0.717) is 16.2 Å². The zero-order valence-electron chi connectivity index (χ0n) is 18.5.